The Morgan fingerprint density at radius 3 is 2.66 bits per heavy atom. The number of amidine groups is 1. The summed E-state index contributed by atoms with van der Waals surface area (Å²) < 4.78 is 59.4. The third-order valence-corrected chi connectivity index (χ3v) is 4.80. The predicted octanol–water partition coefficient (Wildman–Crippen LogP) is 3.76. The van der Waals surface area contributed by atoms with Crippen LogP contribution in [0.15, 0.2) is 41.5 Å². The third kappa shape index (κ3) is 4.65. The van der Waals surface area contributed by atoms with E-state index in [-0.39, 0.29) is 5.56 Å². The molecule has 2 heterocycles. The number of aromatic nitrogens is 1. The van der Waals surface area contributed by atoms with E-state index in [1.54, 1.807) is 18.2 Å². The molecular formula is C20H18F4N4O. The highest BCUT2D eigenvalue weighted by Crippen LogP contribution is 2.40. The summed E-state index contributed by atoms with van der Waals surface area (Å²) in [6, 6.07) is 6.93. The number of nitriles is 1. The molecule has 152 valence electrons. The van der Waals surface area contributed by atoms with Gasteiger partial charge in [0.25, 0.3) is 6.02 Å². The van der Waals surface area contributed by atoms with Crippen LogP contribution in [-0.4, -0.2) is 23.2 Å². The monoisotopic (exact) mass is 406 g/mol. The second-order valence-corrected chi connectivity index (χ2v) is 7.03. The largest absolute Gasteiger partial charge is 0.454 e. The zero-order valence-corrected chi connectivity index (χ0v) is 15.5. The van der Waals surface area contributed by atoms with E-state index >= 15 is 0 Å². The van der Waals surface area contributed by atoms with Crippen molar-refractivity contribution in [2.75, 3.05) is 0 Å². The Kier molecular flexibility index (Phi) is 5.46. The average Bonchev–Trinajstić information content (AvgIpc) is 2.66. The number of hydrogen-bond donors (Lipinski definition) is 1. The van der Waals surface area contributed by atoms with Gasteiger partial charge < -0.3 is 10.5 Å². The van der Waals surface area contributed by atoms with Gasteiger partial charge in [0.15, 0.2) is 6.04 Å². The highest BCUT2D eigenvalue weighted by molar-refractivity contribution is 5.73. The Morgan fingerprint density at radius 2 is 2.03 bits per heavy atom. The molecule has 1 aromatic carbocycles. The van der Waals surface area contributed by atoms with Crippen LogP contribution in [0.3, 0.4) is 0 Å². The van der Waals surface area contributed by atoms with Crippen molar-refractivity contribution < 1.29 is 22.3 Å². The SMILES string of the molecule is C[C@@]1(c2cc(CCc3ccc(C#N)cn3)ccc2F)C[C@@H](C(F)(F)F)N=C(N)O1. The molecule has 0 aliphatic carbocycles. The van der Waals surface area contributed by atoms with Crippen LogP contribution in [0, 0.1) is 17.1 Å². The standard InChI is InChI=1S/C20H18F4N4O/c1-19(9-17(20(22,23)24)28-18(26)29-19)15-8-12(4-7-16(15)21)2-5-14-6-3-13(10-25)11-27-14/h3-4,6-8,11,17H,2,5,9H2,1H3,(H2,26,28)/t17-,19-/m0/s1. The van der Waals surface area contributed by atoms with E-state index in [4.69, 9.17) is 15.7 Å². The van der Waals surface area contributed by atoms with Crippen LogP contribution in [-0.2, 0) is 23.2 Å². The summed E-state index contributed by atoms with van der Waals surface area (Å²) in [5.41, 5.74) is 5.75. The van der Waals surface area contributed by atoms with E-state index in [2.05, 4.69) is 9.98 Å². The lowest BCUT2D eigenvalue weighted by molar-refractivity contribution is -0.164. The number of pyridine rings is 1. The number of ether oxygens (including phenoxy) is 1. The summed E-state index contributed by atoms with van der Waals surface area (Å²) in [7, 11) is 0. The first-order chi connectivity index (χ1) is 13.6. The van der Waals surface area contributed by atoms with Gasteiger partial charge in [-0.15, -0.1) is 0 Å². The third-order valence-electron chi connectivity index (χ3n) is 4.80. The minimum Gasteiger partial charge on any atom is -0.454 e. The Hall–Kier alpha value is -3.15. The first-order valence-electron chi connectivity index (χ1n) is 8.84. The molecule has 9 heteroatoms. The van der Waals surface area contributed by atoms with E-state index < -0.39 is 36.1 Å². The van der Waals surface area contributed by atoms with Crippen molar-refractivity contribution in [2.45, 2.75) is 44.0 Å². The number of aliphatic imine (C=N–C) groups is 1. The molecule has 1 aliphatic heterocycles. The van der Waals surface area contributed by atoms with Crippen LogP contribution in [0.2, 0.25) is 0 Å². The van der Waals surface area contributed by atoms with Crippen LogP contribution >= 0.6 is 0 Å². The van der Waals surface area contributed by atoms with Crippen molar-refractivity contribution in [3.05, 3.63) is 64.7 Å². The Morgan fingerprint density at radius 1 is 1.28 bits per heavy atom. The Labute approximate surface area is 164 Å². The van der Waals surface area contributed by atoms with E-state index in [1.165, 1.54) is 25.3 Å². The molecule has 0 saturated heterocycles. The summed E-state index contributed by atoms with van der Waals surface area (Å²) in [5, 5.41) is 8.80. The highest BCUT2D eigenvalue weighted by atomic mass is 19.4. The van der Waals surface area contributed by atoms with Crippen LogP contribution < -0.4 is 5.73 Å². The lowest BCUT2D eigenvalue weighted by Gasteiger charge is -2.37. The zero-order chi connectivity index (χ0) is 21.2. The number of alkyl halides is 3. The topological polar surface area (TPSA) is 84.3 Å². The van der Waals surface area contributed by atoms with Gasteiger partial charge in [-0.1, -0.05) is 6.07 Å². The zero-order valence-electron chi connectivity index (χ0n) is 15.5. The maximum atomic E-state index is 14.5. The van der Waals surface area contributed by atoms with Crippen LogP contribution in [0.25, 0.3) is 0 Å². The highest BCUT2D eigenvalue weighted by Gasteiger charge is 2.49. The van der Waals surface area contributed by atoms with Gasteiger partial charge in [-0.3, -0.25) is 4.98 Å². The molecule has 5 nitrogen and oxygen atoms in total. The fraction of sp³-hybridized carbons (Fsp3) is 0.350. The molecule has 0 saturated carbocycles. The van der Waals surface area contributed by atoms with Gasteiger partial charge in [0.1, 0.15) is 17.5 Å². The number of benzene rings is 1. The fourth-order valence-corrected chi connectivity index (χ4v) is 3.26. The molecule has 0 unspecified atom stereocenters. The van der Waals surface area contributed by atoms with Gasteiger partial charge in [-0.2, -0.15) is 18.4 Å². The molecular weight excluding hydrogens is 388 g/mol. The summed E-state index contributed by atoms with van der Waals surface area (Å²) in [5.74, 6) is -0.677. The molecule has 2 N–H and O–H groups in total. The molecule has 0 bridgehead atoms. The molecule has 2 atom stereocenters. The van der Waals surface area contributed by atoms with Gasteiger partial charge in [0.2, 0.25) is 0 Å². The predicted molar refractivity (Wildman–Crippen MR) is 97.3 cm³/mol. The molecule has 1 aliphatic rings. The lowest BCUT2D eigenvalue weighted by Crippen LogP contribution is -2.46. The smallest absolute Gasteiger partial charge is 0.411 e. The van der Waals surface area contributed by atoms with Crippen molar-refractivity contribution in [3.8, 4) is 6.07 Å². The van der Waals surface area contributed by atoms with E-state index in [9.17, 15) is 17.6 Å². The van der Waals surface area contributed by atoms with E-state index in [1.807, 2.05) is 6.07 Å². The molecule has 2 aromatic rings. The second-order valence-electron chi connectivity index (χ2n) is 7.03. The second kappa shape index (κ2) is 7.70. The summed E-state index contributed by atoms with van der Waals surface area (Å²) in [4.78, 5) is 7.49. The molecule has 29 heavy (non-hydrogen) atoms. The minimum atomic E-state index is -4.61. The molecule has 0 radical (unpaired) electrons. The van der Waals surface area contributed by atoms with Gasteiger partial charge >= 0.3 is 6.18 Å². The van der Waals surface area contributed by atoms with Crippen molar-refractivity contribution in [3.63, 3.8) is 0 Å². The maximum absolute atomic E-state index is 14.5. The van der Waals surface area contributed by atoms with Gasteiger partial charge in [-0.05, 0) is 49.6 Å². The van der Waals surface area contributed by atoms with Crippen molar-refractivity contribution in [1.29, 1.82) is 5.26 Å². The van der Waals surface area contributed by atoms with Gasteiger partial charge in [0, 0.05) is 23.9 Å². The van der Waals surface area contributed by atoms with Gasteiger partial charge in [-0.25, -0.2) is 9.38 Å². The molecule has 0 amide bonds. The molecule has 0 spiro atoms. The Balaban J connectivity index is 1.83. The van der Waals surface area contributed by atoms with Crippen molar-refractivity contribution >= 4 is 6.02 Å². The van der Waals surface area contributed by atoms with E-state index in [0.717, 1.165) is 5.69 Å². The number of aryl methyl sites for hydroxylation is 2. The van der Waals surface area contributed by atoms with Crippen molar-refractivity contribution in [2.24, 2.45) is 10.7 Å². The number of nitrogens with zero attached hydrogens (tertiary/aromatic N) is 3. The number of nitrogens with two attached hydrogens (primary N) is 1. The molecule has 1 aromatic heterocycles. The summed E-state index contributed by atoms with van der Waals surface area (Å²) in [6.07, 6.45) is -2.72. The molecule has 3 rings (SSSR count). The van der Waals surface area contributed by atoms with Crippen LogP contribution in [0.4, 0.5) is 17.6 Å². The lowest BCUT2D eigenvalue weighted by atomic mass is 9.86. The van der Waals surface area contributed by atoms with Crippen molar-refractivity contribution in [1.82, 2.24) is 4.98 Å². The molecule has 0 fully saturated rings. The summed E-state index contributed by atoms with van der Waals surface area (Å²) in [6.45, 7) is 1.37. The minimum absolute atomic E-state index is 0.00473. The fourth-order valence-electron chi connectivity index (χ4n) is 3.26. The van der Waals surface area contributed by atoms with E-state index in [0.29, 0.717) is 24.0 Å². The number of rotatable bonds is 4. The quantitative estimate of drug-likeness (QED) is 0.784. The van der Waals surface area contributed by atoms with Gasteiger partial charge in [0.05, 0.1) is 5.56 Å². The summed E-state index contributed by atoms with van der Waals surface area (Å²) >= 11 is 0. The first-order valence-corrected chi connectivity index (χ1v) is 8.84. The normalized spacial score (nSPS) is 21.8. The maximum Gasteiger partial charge on any atom is 0.411 e. The number of halogens is 4. The van der Waals surface area contributed by atoms with Crippen LogP contribution in [0.1, 0.15) is 35.7 Å². The number of hydrogen-bond acceptors (Lipinski definition) is 5. The Bertz CT molecular complexity index is 966. The average molecular weight is 406 g/mol. The first kappa shape index (κ1) is 20.6. The van der Waals surface area contributed by atoms with Crippen LogP contribution in [0.5, 0.6) is 0 Å².